The molecule has 0 aromatic heterocycles. The number of ether oxygens (including phenoxy) is 2. The molecular formula is C23H33N3O6. The maximum Gasteiger partial charge on any atom is 0.329 e. The van der Waals surface area contributed by atoms with Crippen LogP contribution in [0.5, 0.6) is 5.75 Å². The number of hydrogen-bond donors (Lipinski definition) is 1. The first-order valence-corrected chi connectivity index (χ1v) is 10.9. The zero-order chi connectivity index (χ0) is 23.8. The van der Waals surface area contributed by atoms with E-state index in [0.29, 0.717) is 44.1 Å². The molecule has 2 atom stereocenters. The summed E-state index contributed by atoms with van der Waals surface area (Å²) < 4.78 is 10.8. The molecule has 0 saturated carbocycles. The number of amides is 3. The van der Waals surface area contributed by atoms with Gasteiger partial charge in [-0.2, -0.15) is 0 Å². The van der Waals surface area contributed by atoms with Crippen molar-refractivity contribution in [3.8, 4) is 5.75 Å². The predicted octanol–water partition coefficient (Wildman–Crippen LogP) is 1.46. The second kappa shape index (κ2) is 11.5. The molecule has 1 saturated heterocycles. The number of esters is 1. The number of rotatable bonds is 8. The Morgan fingerprint density at radius 3 is 2.03 bits per heavy atom. The van der Waals surface area contributed by atoms with Crippen LogP contribution in [-0.4, -0.2) is 78.4 Å². The fourth-order valence-corrected chi connectivity index (χ4v) is 3.39. The number of nitrogens with one attached hydrogen (secondary N) is 1. The number of benzene rings is 1. The van der Waals surface area contributed by atoms with Crippen molar-refractivity contribution in [3.63, 3.8) is 0 Å². The summed E-state index contributed by atoms with van der Waals surface area (Å²) in [5, 5.41) is 2.70. The minimum atomic E-state index is -0.991. The lowest BCUT2D eigenvalue weighted by Crippen LogP contribution is -2.53. The third-order valence-electron chi connectivity index (χ3n) is 5.31. The van der Waals surface area contributed by atoms with Crippen molar-refractivity contribution in [2.45, 2.75) is 46.8 Å². The Labute approximate surface area is 189 Å². The molecule has 1 heterocycles. The number of hydrogen-bond acceptors (Lipinski definition) is 6. The van der Waals surface area contributed by atoms with Gasteiger partial charge in [-0.1, -0.05) is 13.8 Å². The van der Waals surface area contributed by atoms with Crippen molar-refractivity contribution in [1.82, 2.24) is 15.1 Å². The van der Waals surface area contributed by atoms with Crippen molar-refractivity contribution in [2.75, 3.05) is 32.8 Å². The van der Waals surface area contributed by atoms with Gasteiger partial charge < -0.3 is 24.6 Å². The van der Waals surface area contributed by atoms with E-state index in [1.54, 1.807) is 47.9 Å². The van der Waals surface area contributed by atoms with Gasteiger partial charge in [-0.15, -0.1) is 0 Å². The first-order chi connectivity index (χ1) is 15.1. The SMILES string of the molecule is CCOc1ccc(C(=O)N[C@H](C(=O)OC(C)C(=O)N2CCN(C(C)=O)CC2)C(C)C)cc1. The van der Waals surface area contributed by atoms with Gasteiger partial charge in [-0.3, -0.25) is 14.4 Å². The van der Waals surface area contributed by atoms with Crippen molar-refractivity contribution in [1.29, 1.82) is 0 Å². The summed E-state index contributed by atoms with van der Waals surface area (Å²) in [5.41, 5.74) is 0.388. The second-order valence-electron chi connectivity index (χ2n) is 8.06. The molecule has 1 aromatic carbocycles. The van der Waals surface area contributed by atoms with Gasteiger partial charge in [0.1, 0.15) is 11.8 Å². The molecule has 0 aliphatic carbocycles. The third-order valence-corrected chi connectivity index (χ3v) is 5.31. The van der Waals surface area contributed by atoms with Crippen LogP contribution in [0.1, 0.15) is 45.0 Å². The molecule has 0 spiro atoms. The summed E-state index contributed by atoms with van der Waals surface area (Å²) in [6, 6.07) is 5.71. The van der Waals surface area contributed by atoms with E-state index < -0.39 is 24.0 Å². The van der Waals surface area contributed by atoms with E-state index in [4.69, 9.17) is 9.47 Å². The molecule has 2 rings (SSSR count). The molecule has 0 bridgehead atoms. The molecule has 1 aromatic rings. The zero-order valence-electron chi connectivity index (χ0n) is 19.4. The average Bonchev–Trinajstić information content (AvgIpc) is 2.77. The molecule has 9 heteroatoms. The topological polar surface area (TPSA) is 105 Å². The summed E-state index contributed by atoms with van der Waals surface area (Å²) in [5.74, 6) is -1.01. The number of carbonyl (C=O) groups is 4. The van der Waals surface area contributed by atoms with Crippen LogP contribution in [-0.2, 0) is 19.1 Å². The van der Waals surface area contributed by atoms with Crippen LogP contribution in [0.4, 0.5) is 0 Å². The van der Waals surface area contributed by atoms with Gasteiger partial charge in [0, 0.05) is 38.7 Å². The van der Waals surface area contributed by atoms with Crippen molar-refractivity contribution < 1.29 is 28.7 Å². The zero-order valence-corrected chi connectivity index (χ0v) is 19.4. The number of nitrogens with zero attached hydrogens (tertiary/aromatic N) is 2. The molecule has 1 unspecified atom stereocenters. The monoisotopic (exact) mass is 447 g/mol. The van der Waals surface area contributed by atoms with Crippen molar-refractivity contribution in [3.05, 3.63) is 29.8 Å². The lowest BCUT2D eigenvalue weighted by molar-refractivity contribution is -0.162. The van der Waals surface area contributed by atoms with Gasteiger partial charge in [0.15, 0.2) is 6.10 Å². The fourth-order valence-electron chi connectivity index (χ4n) is 3.39. The normalized spacial score (nSPS) is 15.7. The maximum absolute atomic E-state index is 12.7. The lowest BCUT2D eigenvalue weighted by Gasteiger charge is -2.35. The van der Waals surface area contributed by atoms with Crippen LogP contribution in [0.25, 0.3) is 0 Å². The minimum Gasteiger partial charge on any atom is -0.494 e. The molecular weight excluding hydrogens is 414 g/mol. The van der Waals surface area contributed by atoms with Gasteiger partial charge in [0.25, 0.3) is 11.8 Å². The average molecular weight is 448 g/mol. The first kappa shape index (κ1) is 25.2. The Hall–Kier alpha value is -3.10. The van der Waals surface area contributed by atoms with Crippen molar-refractivity contribution in [2.24, 2.45) is 5.92 Å². The molecule has 1 aliphatic heterocycles. The fraction of sp³-hybridized carbons (Fsp3) is 0.565. The van der Waals surface area contributed by atoms with E-state index in [1.165, 1.54) is 13.8 Å². The van der Waals surface area contributed by atoms with E-state index in [9.17, 15) is 19.2 Å². The lowest BCUT2D eigenvalue weighted by atomic mass is 10.0. The smallest absolute Gasteiger partial charge is 0.329 e. The van der Waals surface area contributed by atoms with E-state index in [-0.39, 0.29) is 17.7 Å². The van der Waals surface area contributed by atoms with Gasteiger partial charge >= 0.3 is 5.97 Å². The quantitative estimate of drug-likeness (QED) is 0.605. The Morgan fingerprint density at radius 1 is 0.969 bits per heavy atom. The van der Waals surface area contributed by atoms with Gasteiger partial charge in [0.05, 0.1) is 6.61 Å². The highest BCUT2D eigenvalue weighted by Gasteiger charge is 2.32. The van der Waals surface area contributed by atoms with Gasteiger partial charge in [0.2, 0.25) is 5.91 Å². The van der Waals surface area contributed by atoms with E-state index in [2.05, 4.69) is 5.32 Å². The largest absolute Gasteiger partial charge is 0.494 e. The van der Waals surface area contributed by atoms with E-state index in [0.717, 1.165) is 0 Å². The Kier molecular flexibility index (Phi) is 9.04. The molecule has 176 valence electrons. The molecule has 32 heavy (non-hydrogen) atoms. The number of piperazine rings is 1. The molecule has 1 N–H and O–H groups in total. The summed E-state index contributed by atoms with van der Waals surface area (Å²) >= 11 is 0. The highest BCUT2D eigenvalue weighted by Crippen LogP contribution is 2.14. The molecule has 1 fully saturated rings. The molecule has 0 radical (unpaired) electrons. The van der Waals surface area contributed by atoms with Crippen LogP contribution in [0.2, 0.25) is 0 Å². The second-order valence-corrected chi connectivity index (χ2v) is 8.06. The van der Waals surface area contributed by atoms with Gasteiger partial charge in [-0.25, -0.2) is 4.79 Å². The van der Waals surface area contributed by atoms with Crippen molar-refractivity contribution >= 4 is 23.7 Å². The Morgan fingerprint density at radius 2 is 1.53 bits per heavy atom. The summed E-state index contributed by atoms with van der Waals surface area (Å²) in [7, 11) is 0. The number of carbonyl (C=O) groups excluding carboxylic acids is 4. The standard InChI is InChI=1S/C23H33N3O6/c1-6-31-19-9-7-18(8-10-19)21(28)24-20(15(2)3)23(30)32-16(4)22(29)26-13-11-25(12-14-26)17(5)27/h7-10,15-16,20H,6,11-14H2,1-5H3,(H,24,28)/t16?,20-/m0/s1. The summed E-state index contributed by atoms with van der Waals surface area (Å²) in [6.07, 6.45) is -0.991. The minimum absolute atomic E-state index is 0.0281. The van der Waals surface area contributed by atoms with E-state index in [1.807, 2.05) is 6.92 Å². The maximum atomic E-state index is 12.7. The van der Waals surface area contributed by atoms with Gasteiger partial charge in [-0.05, 0) is 44.0 Å². The summed E-state index contributed by atoms with van der Waals surface area (Å²) in [6.45, 7) is 10.7. The van der Waals surface area contributed by atoms with Crippen LogP contribution in [0.15, 0.2) is 24.3 Å². The van der Waals surface area contributed by atoms with E-state index >= 15 is 0 Å². The molecule has 1 aliphatic rings. The predicted molar refractivity (Wildman–Crippen MR) is 118 cm³/mol. The highest BCUT2D eigenvalue weighted by molar-refractivity contribution is 5.97. The van der Waals surface area contributed by atoms with Crippen LogP contribution < -0.4 is 10.1 Å². The first-order valence-electron chi connectivity index (χ1n) is 10.9. The Balaban J connectivity index is 1.95. The highest BCUT2D eigenvalue weighted by atomic mass is 16.5. The Bertz CT molecular complexity index is 816. The molecule has 9 nitrogen and oxygen atoms in total. The van der Waals surface area contributed by atoms with Crippen LogP contribution in [0.3, 0.4) is 0 Å². The van der Waals surface area contributed by atoms with Crippen LogP contribution in [0, 0.1) is 5.92 Å². The third kappa shape index (κ3) is 6.70. The molecule has 3 amide bonds. The van der Waals surface area contributed by atoms with Crippen LogP contribution >= 0.6 is 0 Å². The summed E-state index contributed by atoms with van der Waals surface area (Å²) in [4.78, 5) is 52.7.